The second-order valence-electron chi connectivity index (χ2n) is 7.00. The summed E-state index contributed by atoms with van der Waals surface area (Å²) in [6, 6.07) is 11.4. The Hall–Kier alpha value is -3.28. The van der Waals surface area contributed by atoms with Crippen LogP contribution in [0.3, 0.4) is 0 Å². The lowest BCUT2D eigenvalue weighted by atomic mass is 10.1. The van der Waals surface area contributed by atoms with Gasteiger partial charge in [0.2, 0.25) is 5.78 Å². The molecule has 0 fully saturated rings. The van der Waals surface area contributed by atoms with E-state index in [-0.39, 0.29) is 4.21 Å². The molecule has 0 unspecified atom stereocenters. The van der Waals surface area contributed by atoms with E-state index in [1.165, 1.54) is 13.2 Å². The Kier molecular flexibility index (Phi) is 7.46. The molecule has 0 saturated carbocycles. The molecule has 1 N–H and O–H groups in total. The molecule has 0 aliphatic carbocycles. The summed E-state index contributed by atoms with van der Waals surface area (Å²) in [4.78, 5) is 36.2. The number of sulfonamides is 1. The summed E-state index contributed by atoms with van der Waals surface area (Å²) in [5.41, 5.74) is 2.93. The molecule has 2 heterocycles. The highest BCUT2D eigenvalue weighted by Gasteiger charge is 2.20. The summed E-state index contributed by atoms with van der Waals surface area (Å²) >= 11 is 1.02. The Morgan fingerprint density at radius 2 is 1.79 bits per heavy atom. The minimum absolute atomic E-state index is 0.0819. The van der Waals surface area contributed by atoms with Gasteiger partial charge in [0.05, 0.1) is 12.7 Å². The van der Waals surface area contributed by atoms with E-state index in [2.05, 4.69) is 4.72 Å². The van der Waals surface area contributed by atoms with Gasteiger partial charge in [-0.1, -0.05) is 6.07 Å². The van der Waals surface area contributed by atoms with Crippen LogP contribution in [0.4, 0.5) is 0 Å². The first-order valence-corrected chi connectivity index (χ1v) is 12.1. The maximum atomic E-state index is 12.6. The van der Waals surface area contributed by atoms with Crippen molar-refractivity contribution in [3.63, 3.8) is 0 Å². The number of ether oxygens (including phenoxy) is 2. The predicted molar refractivity (Wildman–Crippen MR) is 121 cm³/mol. The van der Waals surface area contributed by atoms with Crippen molar-refractivity contribution in [1.29, 1.82) is 0 Å². The number of benzene rings is 1. The molecule has 0 bridgehead atoms. The van der Waals surface area contributed by atoms with Crippen molar-refractivity contribution in [1.82, 2.24) is 9.29 Å². The second kappa shape index (κ2) is 10.1. The Bertz CT molecular complexity index is 1280. The van der Waals surface area contributed by atoms with E-state index in [1.807, 2.05) is 11.5 Å². The van der Waals surface area contributed by atoms with Gasteiger partial charge in [-0.2, -0.15) is 4.72 Å². The normalized spacial score (nSPS) is 11.2. The third-order valence-corrected chi connectivity index (χ3v) is 7.61. The van der Waals surface area contributed by atoms with Crippen LogP contribution in [-0.2, 0) is 24.3 Å². The largest absolute Gasteiger partial charge is 0.465 e. The molecule has 2 aromatic heterocycles. The van der Waals surface area contributed by atoms with Gasteiger partial charge in [-0.3, -0.25) is 9.59 Å². The van der Waals surface area contributed by atoms with Crippen LogP contribution in [0.5, 0.6) is 0 Å². The Morgan fingerprint density at radius 3 is 2.39 bits per heavy atom. The predicted octanol–water partition coefficient (Wildman–Crippen LogP) is 2.65. The number of thiophene rings is 1. The molecule has 0 aliphatic heterocycles. The lowest BCUT2D eigenvalue weighted by Gasteiger charge is -2.11. The molecular formula is C22H22N2O7S2. The number of carbonyl (C=O) groups is 3. The third-order valence-electron chi connectivity index (χ3n) is 4.81. The summed E-state index contributed by atoms with van der Waals surface area (Å²) in [5.74, 6) is -1.73. The molecule has 33 heavy (non-hydrogen) atoms. The van der Waals surface area contributed by atoms with Crippen LogP contribution in [0.15, 0.2) is 52.1 Å². The first-order chi connectivity index (χ1) is 15.6. The van der Waals surface area contributed by atoms with Crippen molar-refractivity contribution in [2.24, 2.45) is 0 Å². The molecule has 0 saturated heterocycles. The fourth-order valence-electron chi connectivity index (χ4n) is 3.22. The van der Waals surface area contributed by atoms with Crippen LogP contribution in [0.1, 0.15) is 32.1 Å². The van der Waals surface area contributed by atoms with Crippen molar-refractivity contribution in [2.45, 2.75) is 18.1 Å². The van der Waals surface area contributed by atoms with Gasteiger partial charge in [-0.05, 0) is 55.6 Å². The number of Topliss-reactive ketones (excluding diaryl/α,β-unsaturated/α-hetero) is 1. The smallest absolute Gasteiger partial charge is 0.337 e. The minimum atomic E-state index is -3.80. The molecule has 0 atom stereocenters. The molecule has 0 radical (unpaired) electrons. The van der Waals surface area contributed by atoms with Gasteiger partial charge < -0.3 is 14.0 Å². The van der Waals surface area contributed by atoms with Crippen molar-refractivity contribution >= 4 is 39.1 Å². The lowest BCUT2D eigenvalue weighted by Crippen LogP contribution is -2.31. The fraction of sp³-hybridized carbons (Fsp3) is 0.227. The summed E-state index contributed by atoms with van der Waals surface area (Å²) in [6.45, 7) is 2.47. The summed E-state index contributed by atoms with van der Waals surface area (Å²) < 4.78 is 37.8. The van der Waals surface area contributed by atoms with Gasteiger partial charge in [0.15, 0.2) is 6.61 Å². The molecule has 9 nitrogen and oxygen atoms in total. The number of hydrogen-bond acceptors (Lipinski definition) is 8. The first kappa shape index (κ1) is 24.4. The van der Waals surface area contributed by atoms with Crippen molar-refractivity contribution in [3.05, 3.63) is 70.4 Å². The third kappa shape index (κ3) is 5.56. The van der Waals surface area contributed by atoms with Crippen molar-refractivity contribution in [3.8, 4) is 5.69 Å². The maximum Gasteiger partial charge on any atom is 0.337 e. The molecule has 0 spiro atoms. The summed E-state index contributed by atoms with van der Waals surface area (Å²) in [5, 5.41) is 1.61. The zero-order valence-corrected chi connectivity index (χ0v) is 19.8. The van der Waals surface area contributed by atoms with E-state index >= 15 is 0 Å². The van der Waals surface area contributed by atoms with Crippen LogP contribution in [0.2, 0.25) is 0 Å². The van der Waals surface area contributed by atoms with Gasteiger partial charge in [-0.25, -0.2) is 13.2 Å². The first-order valence-electron chi connectivity index (χ1n) is 9.73. The summed E-state index contributed by atoms with van der Waals surface area (Å²) in [6.07, 6.45) is 0. The number of hydrogen-bond donors (Lipinski definition) is 1. The highest BCUT2D eigenvalue weighted by molar-refractivity contribution is 7.91. The Labute approximate surface area is 195 Å². The van der Waals surface area contributed by atoms with Gasteiger partial charge in [-0.15, -0.1) is 11.3 Å². The van der Waals surface area contributed by atoms with Crippen LogP contribution in [0.25, 0.3) is 5.69 Å². The van der Waals surface area contributed by atoms with E-state index in [0.29, 0.717) is 16.8 Å². The standard InChI is InChI=1S/C22H22N2O7S2/c1-14-11-18(15(2)24(14)17-8-6-16(7-9-17)22(27)30-3)19(25)13-31-20(26)12-23-33(28,29)21-5-4-10-32-21/h4-11,23H,12-13H2,1-3H3. The van der Waals surface area contributed by atoms with E-state index in [4.69, 9.17) is 9.47 Å². The number of ketones is 1. The summed E-state index contributed by atoms with van der Waals surface area (Å²) in [7, 11) is -2.50. The molecule has 0 amide bonds. The number of nitrogens with one attached hydrogen (secondary N) is 1. The van der Waals surface area contributed by atoms with E-state index < -0.39 is 40.9 Å². The van der Waals surface area contributed by atoms with Crippen LogP contribution < -0.4 is 4.72 Å². The van der Waals surface area contributed by atoms with E-state index in [0.717, 1.165) is 22.7 Å². The van der Waals surface area contributed by atoms with E-state index in [9.17, 15) is 22.8 Å². The number of aryl methyl sites for hydroxylation is 1. The SMILES string of the molecule is COC(=O)c1ccc(-n2c(C)cc(C(=O)COC(=O)CNS(=O)(=O)c3cccs3)c2C)cc1. The zero-order valence-electron chi connectivity index (χ0n) is 18.2. The fourth-order valence-corrected chi connectivity index (χ4v) is 5.23. The molecule has 1 aromatic carbocycles. The molecule has 11 heteroatoms. The Morgan fingerprint density at radius 1 is 1.09 bits per heavy atom. The molecule has 3 aromatic rings. The molecule has 0 aliphatic rings. The molecular weight excluding hydrogens is 468 g/mol. The van der Waals surface area contributed by atoms with E-state index in [1.54, 1.807) is 48.7 Å². The number of methoxy groups -OCH3 is 1. The number of aromatic nitrogens is 1. The van der Waals surface area contributed by atoms with Crippen LogP contribution in [-0.4, -0.2) is 51.0 Å². The number of esters is 2. The van der Waals surface area contributed by atoms with Gasteiger partial charge in [0.1, 0.15) is 10.8 Å². The Balaban J connectivity index is 1.64. The lowest BCUT2D eigenvalue weighted by molar-refractivity contribution is -0.141. The van der Waals surface area contributed by atoms with Crippen LogP contribution in [0, 0.1) is 13.8 Å². The van der Waals surface area contributed by atoms with Crippen molar-refractivity contribution in [2.75, 3.05) is 20.3 Å². The maximum absolute atomic E-state index is 12.6. The highest BCUT2D eigenvalue weighted by Crippen LogP contribution is 2.22. The van der Waals surface area contributed by atoms with Gasteiger partial charge >= 0.3 is 11.9 Å². The zero-order chi connectivity index (χ0) is 24.2. The average molecular weight is 491 g/mol. The number of rotatable bonds is 9. The minimum Gasteiger partial charge on any atom is -0.465 e. The topological polar surface area (TPSA) is 121 Å². The number of nitrogens with zero attached hydrogens (tertiary/aromatic N) is 1. The van der Waals surface area contributed by atoms with Gasteiger partial charge in [0, 0.05) is 22.6 Å². The molecule has 174 valence electrons. The monoisotopic (exact) mass is 490 g/mol. The van der Waals surface area contributed by atoms with Gasteiger partial charge in [0.25, 0.3) is 10.0 Å². The molecule has 3 rings (SSSR count). The average Bonchev–Trinajstić information content (AvgIpc) is 3.44. The quantitative estimate of drug-likeness (QED) is 0.362. The second-order valence-corrected chi connectivity index (χ2v) is 9.94. The van der Waals surface area contributed by atoms with Crippen LogP contribution >= 0.6 is 11.3 Å². The van der Waals surface area contributed by atoms with Crippen molar-refractivity contribution < 1.29 is 32.3 Å². The number of carbonyl (C=O) groups excluding carboxylic acids is 3. The highest BCUT2D eigenvalue weighted by atomic mass is 32.2.